The van der Waals surface area contributed by atoms with Crippen molar-refractivity contribution in [2.45, 2.75) is 0 Å². The Hall–Kier alpha value is -6.18. The first kappa shape index (κ1) is 25.8. The average Bonchev–Trinajstić information content (AvgIpc) is 3.55. The second-order valence-electron chi connectivity index (χ2n) is 9.74. The normalized spacial score (nSPS) is 11.3. The van der Waals surface area contributed by atoms with Gasteiger partial charge in [-0.3, -0.25) is 0 Å². The minimum atomic E-state index is -2.28. The van der Waals surface area contributed by atoms with Crippen molar-refractivity contribution in [1.29, 1.82) is 15.8 Å². The molecule has 0 radical (unpaired) electrons. The van der Waals surface area contributed by atoms with E-state index in [1.54, 1.807) is 59.2 Å². The zero-order valence-electron chi connectivity index (χ0n) is 21.6. The molecule has 0 unspecified atom stereocenters. The number of fused-ring (bicyclic) bond motifs is 7. The largest absolute Gasteiger partial charge is 0.305 e. The summed E-state index contributed by atoms with van der Waals surface area (Å²) in [6, 6.07) is 25.4. The molecule has 5 nitrogen and oxygen atoms in total. The summed E-state index contributed by atoms with van der Waals surface area (Å²) in [5.41, 5.74) is -0.0965. The van der Waals surface area contributed by atoms with Crippen LogP contribution >= 0.6 is 0 Å². The van der Waals surface area contributed by atoms with E-state index >= 15 is 8.78 Å². The van der Waals surface area contributed by atoms with Gasteiger partial charge in [0.25, 0.3) is 0 Å². The van der Waals surface area contributed by atoms with E-state index in [1.165, 1.54) is 18.2 Å². The van der Waals surface area contributed by atoms with E-state index in [4.69, 9.17) is 0 Å². The summed E-state index contributed by atoms with van der Waals surface area (Å²) in [4.78, 5) is 0. The molecule has 43 heavy (non-hydrogen) atoms. The lowest BCUT2D eigenvalue weighted by Crippen LogP contribution is -2.10. The highest BCUT2D eigenvalue weighted by molar-refractivity contribution is 6.24. The summed E-state index contributed by atoms with van der Waals surface area (Å²) in [5, 5.41) is 31.8. The number of hydrogen-bond donors (Lipinski definition) is 0. The maximum absolute atomic E-state index is 15.5. The van der Waals surface area contributed by atoms with E-state index < -0.39 is 34.8 Å². The number of para-hydroxylation sites is 2. The van der Waals surface area contributed by atoms with E-state index in [-0.39, 0.29) is 38.9 Å². The number of benzene rings is 5. The van der Waals surface area contributed by atoms with Gasteiger partial charge in [-0.05, 0) is 24.3 Å². The second kappa shape index (κ2) is 9.17. The zero-order valence-corrected chi connectivity index (χ0v) is 21.6. The number of nitriles is 3. The molecule has 204 valence electrons. The van der Waals surface area contributed by atoms with Crippen molar-refractivity contribution in [3.05, 3.63) is 119 Å². The van der Waals surface area contributed by atoms with Gasteiger partial charge in [-0.1, -0.05) is 48.5 Å². The lowest BCUT2D eigenvalue weighted by Gasteiger charge is -2.16. The van der Waals surface area contributed by atoms with Crippen LogP contribution < -0.4 is 0 Å². The van der Waals surface area contributed by atoms with Gasteiger partial charge in [0.2, 0.25) is 5.82 Å². The predicted octanol–water partition coefficient (Wildman–Crippen LogP) is 8.19. The highest BCUT2D eigenvalue weighted by Crippen LogP contribution is 2.43. The monoisotopic (exact) mass is 573 g/mol. The summed E-state index contributed by atoms with van der Waals surface area (Å²) in [5.74, 6) is -10.5. The highest BCUT2D eigenvalue weighted by Gasteiger charge is 2.31. The molecule has 10 heteroatoms. The fraction of sp³-hybridized carbons (Fsp3) is 0. The number of halogens is 5. The van der Waals surface area contributed by atoms with Crippen LogP contribution in [0.5, 0.6) is 0 Å². The molecule has 7 aromatic rings. The van der Waals surface area contributed by atoms with Crippen LogP contribution in [0.2, 0.25) is 0 Å². The standard InChI is InChI=1S/C33H12F5N5/c34-25-26(35)28(37)33(29(38)27(25)36)43-24-8-4-2-6-20(24)22-10-9-21-19-5-1-3-7-23(19)42(31(21)32(22)43)30-17(14-40)11-16(13-39)12-18(30)15-41/h1-12H. The summed E-state index contributed by atoms with van der Waals surface area (Å²) in [6.45, 7) is 0. The minimum absolute atomic E-state index is 0.0332. The molecule has 0 fully saturated rings. The molecule has 0 saturated heterocycles. The zero-order chi connectivity index (χ0) is 30.2. The fourth-order valence-electron chi connectivity index (χ4n) is 5.87. The van der Waals surface area contributed by atoms with Crippen molar-refractivity contribution in [2.75, 3.05) is 0 Å². The van der Waals surface area contributed by atoms with Crippen molar-refractivity contribution in [3.63, 3.8) is 0 Å². The SMILES string of the molecule is N#Cc1cc(C#N)c(-n2c3ccccc3c3ccc4c5ccccc5n(-c5c(F)c(F)c(F)c(F)c5F)c4c32)c(C#N)c1. The van der Waals surface area contributed by atoms with Gasteiger partial charge in [-0.2, -0.15) is 15.8 Å². The molecule has 0 saturated carbocycles. The molecule has 0 spiro atoms. The van der Waals surface area contributed by atoms with E-state index in [1.807, 2.05) is 18.2 Å². The molecule has 0 aliphatic rings. The molecular weight excluding hydrogens is 561 g/mol. The third-order valence-electron chi connectivity index (χ3n) is 7.58. The van der Waals surface area contributed by atoms with Crippen LogP contribution in [-0.2, 0) is 0 Å². The van der Waals surface area contributed by atoms with Crippen molar-refractivity contribution >= 4 is 43.6 Å². The molecule has 0 aliphatic carbocycles. The quantitative estimate of drug-likeness (QED) is 0.119. The molecule has 2 aromatic heterocycles. The summed E-state index contributed by atoms with van der Waals surface area (Å²) in [6.07, 6.45) is 0. The van der Waals surface area contributed by atoms with E-state index in [2.05, 4.69) is 0 Å². The van der Waals surface area contributed by atoms with Crippen LogP contribution in [0.15, 0.2) is 72.8 Å². The molecule has 2 heterocycles. The maximum Gasteiger partial charge on any atom is 0.200 e. The third-order valence-corrected chi connectivity index (χ3v) is 7.58. The van der Waals surface area contributed by atoms with Crippen LogP contribution in [0.1, 0.15) is 16.7 Å². The topological polar surface area (TPSA) is 81.2 Å². The Morgan fingerprint density at radius 1 is 0.465 bits per heavy atom. The predicted molar refractivity (Wildman–Crippen MR) is 149 cm³/mol. The first-order valence-electron chi connectivity index (χ1n) is 12.7. The van der Waals surface area contributed by atoms with Crippen LogP contribution in [0.25, 0.3) is 55.0 Å². The summed E-state index contributed by atoms with van der Waals surface area (Å²) < 4.78 is 76.9. The Kier molecular flexibility index (Phi) is 5.49. The van der Waals surface area contributed by atoms with Gasteiger partial charge in [-0.15, -0.1) is 0 Å². The van der Waals surface area contributed by atoms with Gasteiger partial charge in [0.05, 0.1) is 50.5 Å². The van der Waals surface area contributed by atoms with Crippen LogP contribution in [0.3, 0.4) is 0 Å². The Morgan fingerprint density at radius 2 is 0.884 bits per heavy atom. The Morgan fingerprint density at radius 3 is 1.33 bits per heavy atom. The van der Waals surface area contributed by atoms with Crippen molar-refractivity contribution in [3.8, 4) is 29.6 Å². The van der Waals surface area contributed by atoms with Gasteiger partial charge in [0.1, 0.15) is 17.8 Å². The van der Waals surface area contributed by atoms with Gasteiger partial charge < -0.3 is 9.13 Å². The molecule has 7 rings (SSSR count). The van der Waals surface area contributed by atoms with Gasteiger partial charge in [0, 0.05) is 21.5 Å². The third kappa shape index (κ3) is 3.34. The van der Waals surface area contributed by atoms with Crippen LogP contribution in [0.4, 0.5) is 22.0 Å². The fourth-order valence-corrected chi connectivity index (χ4v) is 5.87. The number of hydrogen-bond acceptors (Lipinski definition) is 3. The maximum atomic E-state index is 15.5. The van der Waals surface area contributed by atoms with E-state index in [0.29, 0.717) is 27.1 Å². The average molecular weight is 573 g/mol. The molecule has 0 aliphatic heterocycles. The number of aromatic nitrogens is 2. The lowest BCUT2D eigenvalue weighted by molar-refractivity contribution is 0.376. The van der Waals surface area contributed by atoms with E-state index in [0.717, 1.165) is 4.57 Å². The highest BCUT2D eigenvalue weighted by atomic mass is 19.2. The Bertz CT molecular complexity index is 2440. The second-order valence-corrected chi connectivity index (χ2v) is 9.74. The lowest BCUT2D eigenvalue weighted by atomic mass is 10.0. The molecule has 0 amide bonds. The molecular formula is C33H12F5N5. The van der Waals surface area contributed by atoms with Crippen molar-refractivity contribution < 1.29 is 22.0 Å². The first-order valence-corrected chi connectivity index (χ1v) is 12.7. The van der Waals surface area contributed by atoms with Crippen LogP contribution in [0, 0.1) is 63.1 Å². The molecule has 0 atom stereocenters. The Labute approximate surface area is 238 Å². The van der Waals surface area contributed by atoms with E-state index in [9.17, 15) is 29.0 Å². The van der Waals surface area contributed by atoms with Crippen molar-refractivity contribution in [1.82, 2.24) is 9.13 Å². The molecule has 0 N–H and O–H groups in total. The van der Waals surface area contributed by atoms with Crippen LogP contribution in [-0.4, -0.2) is 9.13 Å². The number of rotatable bonds is 2. The van der Waals surface area contributed by atoms with Gasteiger partial charge >= 0.3 is 0 Å². The Balaban J connectivity index is 1.83. The minimum Gasteiger partial charge on any atom is -0.305 e. The summed E-state index contributed by atoms with van der Waals surface area (Å²) in [7, 11) is 0. The van der Waals surface area contributed by atoms with Crippen molar-refractivity contribution in [2.24, 2.45) is 0 Å². The first-order chi connectivity index (χ1) is 20.8. The number of nitrogens with zero attached hydrogens (tertiary/aromatic N) is 5. The summed E-state index contributed by atoms with van der Waals surface area (Å²) >= 11 is 0. The van der Waals surface area contributed by atoms with Gasteiger partial charge in [-0.25, -0.2) is 22.0 Å². The molecule has 0 bridgehead atoms. The smallest absolute Gasteiger partial charge is 0.200 e. The molecule has 5 aromatic carbocycles. The van der Waals surface area contributed by atoms with Gasteiger partial charge in [0.15, 0.2) is 23.3 Å².